The van der Waals surface area contributed by atoms with Gasteiger partial charge in [-0.05, 0) is 48.0 Å². The molecule has 3 aromatic rings. The molecule has 1 aromatic heterocycles. The van der Waals surface area contributed by atoms with Gasteiger partial charge >= 0.3 is 0 Å². The highest BCUT2D eigenvalue weighted by atomic mass is 32.1. The lowest BCUT2D eigenvalue weighted by molar-refractivity contribution is 0.174. The van der Waals surface area contributed by atoms with Crippen LogP contribution in [0.4, 0.5) is 4.39 Å². The van der Waals surface area contributed by atoms with Crippen LogP contribution in [-0.2, 0) is 0 Å². The minimum absolute atomic E-state index is 0.231. The van der Waals surface area contributed by atoms with Crippen LogP contribution in [0.2, 0.25) is 0 Å². The van der Waals surface area contributed by atoms with E-state index in [-0.39, 0.29) is 12.6 Å². The summed E-state index contributed by atoms with van der Waals surface area (Å²) in [6.45, 7) is 4.42. The van der Waals surface area contributed by atoms with E-state index in [9.17, 15) is 4.39 Å². The summed E-state index contributed by atoms with van der Waals surface area (Å²) in [7, 11) is 0. The molecule has 0 fully saturated rings. The molecule has 4 rings (SSSR count). The molecule has 0 aliphatic carbocycles. The Bertz CT molecular complexity index is 1070. The second-order valence-corrected chi connectivity index (χ2v) is 6.55. The van der Waals surface area contributed by atoms with Crippen LogP contribution < -0.4 is 14.3 Å². The average Bonchev–Trinajstić information content (AvgIpc) is 3.31. The van der Waals surface area contributed by atoms with Crippen molar-refractivity contribution in [1.82, 2.24) is 4.68 Å². The van der Waals surface area contributed by atoms with Gasteiger partial charge in [-0.3, -0.25) is 4.99 Å². The molecule has 0 saturated carbocycles. The third kappa shape index (κ3) is 3.68. The Labute approximate surface area is 159 Å². The van der Waals surface area contributed by atoms with Crippen LogP contribution in [0.3, 0.4) is 0 Å². The maximum Gasteiger partial charge on any atom is 0.231 e. The molecule has 0 radical (unpaired) electrons. The van der Waals surface area contributed by atoms with Crippen LogP contribution in [0.1, 0.15) is 5.56 Å². The molecule has 0 N–H and O–H groups in total. The Kier molecular flexibility index (Phi) is 4.84. The van der Waals surface area contributed by atoms with E-state index >= 15 is 0 Å². The molecule has 2 aromatic carbocycles. The number of rotatable bonds is 5. The van der Waals surface area contributed by atoms with E-state index in [1.54, 1.807) is 29.1 Å². The van der Waals surface area contributed by atoms with E-state index in [1.165, 1.54) is 23.5 Å². The van der Waals surface area contributed by atoms with Gasteiger partial charge in [0.1, 0.15) is 5.82 Å². The van der Waals surface area contributed by atoms with Gasteiger partial charge in [-0.15, -0.1) is 17.9 Å². The molecule has 1 aliphatic rings. The summed E-state index contributed by atoms with van der Waals surface area (Å²) < 4.78 is 25.7. The van der Waals surface area contributed by atoms with E-state index in [2.05, 4.69) is 16.7 Å². The van der Waals surface area contributed by atoms with Gasteiger partial charge < -0.3 is 9.47 Å². The smallest absolute Gasteiger partial charge is 0.231 e. The van der Waals surface area contributed by atoms with Crippen molar-refractivity contribution in [2.45, 2.75) is 0 Å². The fourth-order valence-electron chi connectivity index (χ4n) is 2.60. The Hall–Kier alpha value is -3.19. The van der Waals surface area contributed by atoms with Crippen molar-refractivity contribution in [3.8, 4) is 22.8 Å². The van der Waals surface area contributed by atoms with Crippen LogP contribution in [0.15, 0.2) is 70.6 Å². The molecule has 2 heterocycles. The fraction of sp³-hybridized carbons (Fsp3) is 0.100. The van der Waals surface area contributed by atoms with Crippen LogP contribution in [0, 0.1) is 5.82 Å². The molecule has 5 nitrogen and oxygen atoms in total. The van der Waals surface area contributed by atoms with Crippen molar-refractivity contribution in [1.29, 1.82) is 0 Å². The van der Waals surface area contributed by atoms with E-state index in [0.717, 1.165) is 27.4 Å². The lowest BCUT2D eigenvalue weighted by Gasteiger charge is -2.04. The first kappa shape index (κ1) is 17.2. The normalized spacial score (nSPS) is 13.4. The van der Waals surface area contributed by atoms with Crippen LogP contribution in [0.25, 0.3) is 11.3 Å². The zero-order valence-electron chi connectivity index (χ0n) is 14.3. The zero-order valence-corrected chi connectivity index (χ0v) is 15.2. The van der Waals surface area contributed by atoms with Crippen molar-refractivity contribution in [2.24, 2.45) is 10.1 Å². The first-order valence-electron chi connectivity index (χ1n) is 8.26. The highest BCUT2D eigenvalue weighted by molar-refractivity contribution is 7.07. The number of halogens is 1. The molecule has 0 unspecified atom stereocenters. The Balaban J connectivity index is 1.74. The van der Waals surface area contributed by atoms with Crippen molar-refractivity contribution in [3.05, 3.63) is 76.7 Å². The number of benzene rings is 2. The molecular weight excluding hydrogens is 365 g/mol. The number of fused-ring (bicyclic) bond motifs is 1. The molecule has 0 saturated heterocycles. The lowest BCUT2D eigenvalue weighted by Crippen LogP contribution is -2.12. The molecule has 0 amide bonds. The van der Waals surface area contributed by atoms with E-state index < -0.39 is 0 Å². The maximum absolute atomic E-state index is 13.3. The maximum atomic E-state index is 13.3. The number of hydrogen-bond acceptors (Lipinski definition) is 5. The highest BCUT2D eigenvalue weighted by Crippen LogP contribution is 2.32. The highest BCUT2D eigenvalue weighted by Gasteiger charge is 2.13. The van der Waals surface area contributed by atoms with Gasteiger partial charge in [0.15, 0.2) is 11.5 Å². The van der Waals surface area contributed by atoms with Gasteiger partial charge in [-0.1, -0.05) is 6.08 Å². The Morgan fingerprint density at radius 1 is 1.15 bits per heavy atom. The van der Waals surface area contributed by atoms with Crippen molar-refractivity contribution >= 4 is 17.6 Å². The summed E-state index contributed by atoms with van der Waals surface area (Å²) >= 11 is 1.47. The van der Waals surface area contributed by atoms with Gasteiger partial charge in [-0.2, -0.15) is 5.10 Å². The molecule has 1 aliphatic heterocycles. The predicted molar refractivity (Wildman–Crippen MR) is 104 cm³/mol. The minimum atomic E-state index is -0.277. The van der Waals surface area contributed by atoms with Crippen LogP contribution >= 0.6 is 11.3 Å². The standard InChI is InChI=1S/C20H16FN3O2S/c1-2-9-22-20-24(17(12-27-20)15-4-6-16(21)7-5-15)23-11-14-3-8-18-19(10-14)26-13-25-18/h2-8,10-12H,1,9,13H2. The third-order valence-corrected chi connectivity index (χ3v) is 4.75. The summed E-state index contributed by atoms with van der Waals surface area (Å²) in [6.07, 6.45) is 3.46. The molecule has 0 bridgehead atoms. The van der Waals surface area contributed by atoms with Crippen LogP contribution in [-0.4, -0.2) is 24.2 Å². The van der Waals surface area contributed by atoms with E-state index in [4.69, 9.17) is 9.47 Å². The topological polar surface area (TPSA) is 48.1 Å². The molecule has 0 atom stereocenters. The van der Waals surface area contributed by atoms with Crippen LogP contribution in [0.5, 0.6) is 11.5 Å². The second-order valence-electron chi connectivity index (χ2n) is 5.71. The Morgan fingerprint density at radius 2 is 1.96 bits per heavy atom. The SMILES string of the molecule is C=CCN=c1scc(-c2ccc(F)cc2)n1N=Cc1ccc2c(c1)OCO2. The molecule has 27 heavy (non-hydrogen) atoms. The number of thiazole rings is 1. The average molecular weight is 381 g/mol. The van der Waals surface area contributed by atoms with E-state index in [1.807, 2.05) is 23.6 Å². The number of ether oxygens (including phenoxy) is 2. The van der Waals surface area contributed by atoms with Gasteiger partial charge in [0.25, 0.3) is 0 Å². The summed E-state index contributed by atoms with van der Waals surface area (Å²) in [5.74, 6) is 1.15. The lowest BCUT2D eigenvalue weighted by atomic mass is 10.2. The number of hydrogen-bond donors (Lipinski definition) is 0. The monoisotopic (exact) mass is 381 g/mol. The van der Waals surface area contributed by atoms with Crippen molar-refractivity contribution in [2.75, 3.05) is 13.3 Å². The fourth-order valence-corrected chi connectivity index (χ4v) is 3.45. The molecule has 0 spiro atoms. The van der Waals surface area contributed by atoms with E-state index in [0.29, 0.717) is 12.3 Å². The second kappa shape index (κ2) is 7.59. The quantitative estimate of drug-likeness (QED) is 0.494. The van der Waals surface area contributed by atoms with Crippen molar-refractivity contribution < 1.29 is 13.9 Å². The summed E-state index contributed by atoms with van der Waals surface area (Å²) in [5, 5.41) is 6.55. The third-order valence-electron chi connectivity index (χ3n) is 3.90. The van der Waals surface area contributed by atoms with Gasteiger partial charge in [-0.25, -0.2) is 9.07 Å². The number of nitrogens with zero attached hydrogens (tertiary/aromatic N) is 3. The van der Waals surface area contributed by atoms with Gasteiger partial charge in [0.05, 0.1) is 18.5 Å². The van der Waals surface area contributed by atoms with Gasteiger partial charge in [0, 0.05) is 10.9 Å². The molecule has 7 heteroatoms. The summed E-state index contributed by atoms with van der Waals surface area (Å²) in [4.78, 5) is 5.22. The van der Waals surface area contributed by atoms with Crippen molar-refractivity contribution in [3.63, 3.8) is 0 Å². The molecular formula is C20H16FN3O2S. The predicted octanol–water partition coefficient (Wildman–Crippen LogP) is 4.05. The Morgan fingerprint density at radius 3 is 2.78 bits per heavy atom. The minimum Gasteiger partial charge on any atom is -0.454 e. The zero-order chi connectivity index (χ0) is 18.6. The summed E-state index contributed by atoms with van der Waals surface area (Å²) in [6, 6.07) is 11.9. The molecule has 136 valence electrons. The summed E-state index contributed by atoms with van der Waals surface area (Å²) in [5.41, 5.74) is 2.56. The first-order chi connectivity index (χ1) is 13.2. The largest absolute Gasteiger partial charge is 0.454 e. The first-order valence-corrected chi connectivity index (χ1v) is 9.14. The number of aromatic nitrogens is 1. The van der Waals surface area contributed by atoms with Gasteiger partial charge in [0.2, 0.25) is 11.6 Å².